The summed E-state index contributed by atoms with van der Waals surface area (Å²) < 4.78 is 42.1. The van der Waals surface area contributed by atoms with Crippen LogP contribution in [-0.4, -0.2) is 25.4 Å². The number of benzene rings is 1. The fraction of sp³-hybridized carbons (Fsp3) is 0.500. The Balaban J connectivity index is 2.42. The maximum Gasteiger partial charge on any atom is 0.401 e. The van der Waals surface area contributed by atoms with Crippen molar-refractivity contribution in [1.82, 2.24) is 5.32 Å². The van der Waals surface area contributed by atoms with Gasteiger partial charge in [0.1, 0.15) is 11.9 Å². The fourth-order valence-corrected chi connectivity index (χ4v) is 1.96. The molecule has 6 heteroatoms. The van der Waals surface area contributed by atoms with Crippen LogP contribution in [0.5, 0.6) is 5.75 Å². The number of halogens is 4. The molecular formula is C12H15BrF3NO. The van der Waals surface area contributed by atoms with E-state index < -0.39 is 12.7 Å². The van der Waals surface area contributed by atoms with Gasteiger partial charge < -0.3 is 10.1 Å². The van der Waals surface area contributed by atoms with Crippen molar-refractivity contribution in [2.75, 3.05) is 13.1 Å². The molecule has 0 bridgehead atoms. The zero-order valence-electron chi connectivity index (χ0n) is 10.1. The van der Waals surface area contributed by atoms with Gasteiger partial charge in [-0.05, 0) is 47.5 Å². The Bertz CT molecular complexity index is 395. The molecule has 1 aromatic rings. The smallest absolute Gasteiger partial charge is 0.401 e. The van der Waals surface area contributed by atoms with E-state index in [1.54, 1.807) is 13.0 Å². The topological polar surface area (TPSA) is 21.3 Å². The van der Waals surface area contributed by atoms with E-state index in [-0.39, 0.29) is 12.6 Å². The molecule has 1 atom stereocenters. The first kappa shape index (κ1) is 15.3. The maximum absolute atomic E-state index is 11.9. The van der Waals surface area contributed by atoms with Crippen LogP contribution in [0.3, 0.4) is 0 Å². The van der Waals surface area contributed by atoms with Gasteiger partial charge in [0.25, 0.3) is 0 Å². The monoisotopic (exact) mass is 325 g/mol. The van der Waals surface area contributed by atoms with Crippen LogP contribution in [0.2, 0.25) is 0 Å². The summed E-state index contributed by atoms with van der Waals surface area (Å²) in [5, 5.41) is 2.31. The molecule has 0 aliphatic rings. The molecule has 1 unspecified atom stereocenters. The van der Waals surface area contributed by atoms with Crippen LogP contribution >= 0.6 is 15.9 Å². The minimum atomic E-state index is -4.19. The molecule has 0 saturated carbocycles. The van der Waals surface area contributed by atoms with Crippen molar-refractivity contribution in [2.45, 2.75) is 26.1 Å². The zero-order valence-corrected chi connectivity index (χ0v) is 11.7. The number of rotatable bonds is 5. The van der Waals surface area contributed by atoms with E-state index in [4.69, 9.17) is 4.74 Å². The molecular weight excluding hydrogens is 311 g/mol. The van der Waals surface area contributed by atoms with E-state index in [1.165, 1.54) is 0 Å². The summed E-state index contributed by atoms with van der Waals surface area (Å²) in [6, 6.07) is 5.57. The van der Waals surface area contributed by atoms with Crippen molar-refractivity contribution in [3.05, 3.63) is 28.2 Å². The second-order valence-corrected chi connectivity index (χ2v) is 4.96. The van der Waals surface area contributed by atoms with E-state index in [0.29, 0.717) is 5.75 Å². The number of alkyl halides is 3. The summed E-state index contributed by atoms with van der Waals surface area (Å²) in [6.07, 6.45) is -4.53. The normalized spacial score (nSPS) is 13.4. The summed E-state index contributed by atoms with van der Waals surface area (Å²) >= 11 is 3.35. The van der Waals surface area contributed by atoms with Gasteiger partial charge >= 0.3 is 6.18 Å². The third-order valence-electron chi connectivity index (χ3n) is 2.17. The summed E-state index contributed by atoms with van der Waals surface area (Å²) in [4.78, 5) is 0. The first-order chi connectivity index (χ1) is 8.28. The van der Waals surface area contributed by atoms with Gasteiger partial charge in [-0.25, -0.2) is 0 Å². The number of aryl methyl sites for hydroxylation is 1. The Morgan fingerprint density at radius 1 is 1.39 bits per heavy atom. The van der Waals surface area contributed by atoms with E-state index in [2.05, 4.69) is 21.2 Å². The Kier molecular flexibility index (Phi) is 5.47. The van der Waals surface area contributed by atoms with E-state index in [0.717, 1.165) is 10.0 Å². The Hall–Kier alpha value is -0.750. The minimum absolute atomic E-state index is 0.139. The second kappa shape index (κ2) is 6.43. The van der Waals surface area contributed by atoms with Crippen LogP contribution in [0.25, 0.3) is 0 Å². The van der Waals surface area contributed by atoms with Gasteiger partial charge in [0.2, 0.25) is 0 Å². The van der Waals surface area contributed by atoms with Gasteiger partial charge in [-0.1, -0.05) is 6.07 Å². The van der Waals surface area contributed by atoms with Crippen LogP contribution in [0.1, 0.15) is 12.5 Å². The molecule has 0 spiro atoms. The third kappa shape index (κ3) is 5.73. The van der Waals surface area contributed by atoms with E-state index >= 15 is 0 Å². The van der Waals surface area contributed by atoms with Crippen molar-refractivity contribution >= 4 is 15.9 Å². The maximum atomic E-state index is 11.9. The Labute approximate surface area is 113 Å². The van der Waals surface area contributed by atoms with Gasteiger partial charge in [0.05, 0.1) is 11.0 Å². The predicted octanol–water partition coefficient (Wildman–Crippen LogP) is 3.68. The third-order valence-corrected chi connectivity index (χ3v) is 2.79. The molecule has 1 rings (SSSR count). The van der Waals surface area contributed by atoms with E-state index in [1.807, 2.05) is 19.1 Å². The molecule has 1 N–H and O–H groups in total. The standard InChI is InChI=1S/C12H15BrF3NO/c1-8-3-4-11(10(13)5-8)18-9(2)6-17-7-12(14,15)16/h3-5,9,17H,6-7H2,1-2H3. The largest absolute Gasteiger partial charge is 0.488 e. The van der Waals surface area contributed by atoms with Crippen LogP contribution in [0.4, 0.5) is 13.2 Å². The lowest BCUT2D eigenvalue weighted by Crippen LogP contribution is -2.35. The van der Waals surface area contributed by atoms with Crippen LogP contribution in [-0.2, 0) is 0 Å². The molecule has 0 aromatic heterocycles. The van der Waals surface area contributed by atoms with Crippen molar-refractivity contribution < 1.29 is 17.9 Å². The Morgan fingerprint density at radius 2 is 2.06 bits per heavy atom. The van der Waals surface area contributed by atoms with Gasteiger partial charge in [0.15, 0.2) is 0 Å². The highest BCUT2D eigenvalue weighted by Gasteiger charge is 2.26. The zero-order chi connectivity index (χ0) is 13.8. The predicted molar refractivity (Wildman–Crippen MR) is 67.9 cm³/mol. The highest BCUT2D eigenvalue weighted by atomic mass is 79.9. The minimum Gasteiger partial charge on any atom is -0.488 e. The fourth-order valence-electron chi connectivity index (χ4n) is 1.38. The van der Waals surface area contributed by atoms with Crippen molar-refractivity contribution in [2.24, 2.45) is 0 Å². The van der Waals surface area contributed by atoms with Crippen LogP contribution < -0.4 is 10.1 Å². The highest BCUT2D eigenvalue weighted by Crippen LogP contribution is 2.26. The van der Waals surface area contributed by atoms with Crippen molar-refractivity contribution in [3.8, 4) is 5.75 Å². The molecule has 2 nitrogen and oxygen atoms in total. The van der Waals surface area contributed by atoms with Gasteiger partial charge in [-0.3, -0.25) is 0 Å². The van der Waals surface area contributed by atoms with Crippen LogP contribution in [0, 0.1) is 6.92 Å². The Morgan fingerprint density at radius 3 is 2.61 bits per heavy atom. The molecule has 0 fully saturated rings. The van der Waals surface area contributed by atoms with Gasteiger partial charge in [-0.2, -0.15) is 13.2 Å². The lowest BCUT2D eigenvalue weighted by Gasteiger charge is -2.17. The summed E-state index contributed by atoms with van der Waals surface area (Å²) in [5.74, 6) is 0.627. The number of ether oxygens (including phenoxy) is 1. The average Bonchev–Trinajstić information content (AvgIpc) is 2.20. The first-order valence-electron chi connectivity index (χ1n) is 5.48. The average molecular weight is 326 g/mol. The molecule has 18 heavy (non-hydrogen) atoms. The number of hydrogen-bond donors (Lipinski definition) is 1. The molecule has 102 valence electrons. The summed E-state index contributed by atoms with van der Waals surface area (Å²) in [7, 11) is 0. The lowest BCUT2D eigenvalue weighted by atomic mass is 10.2. The van der Waals surface area contributed by atoms with Crippen LogP contribution in [0.15, 0.2) is 22.7 Å². The van der Waals surface area contributed by atoms with Gasteiger partial charge in [-0.15, -0.1) is 0 Å². The lowest BCUT2D eigenvalue weighted by molar-refractivity contribution is -0.125. The SMILES string of the molecule is Cc1ccc(OC(C)CNCC(F)(F)F)c(Br)c1. The van der Waals surface area contributed by atoms with E-state index in [9.17, 15) is 13.2 Å². The molecule has 1 aromatic carbocycles. The number of nitrogens with one attached hydrogen (secondary N) is 1. The summed E-state index contributed by atoms with van der Waals surface area (Å²) in [6.45, 7) is 2.80. The molecule has 0 aliphatic heterocycles. The highest BCUT2D eigenvalue weighted by molar-refractivity contribution is 9.10. The molecule has 0 radical (unpaired) electrons. The number of hydrogen-bond acceptors (Lipinski definition) is 2. The van der Waals surface area contributed by atoms with Crippen molar-refractivity contribution in [1.29, 1.82) is 0 Å². The molecule has 0 saturated heterocycles. The summed E-state index contributed by atoms with van der Waals surface area (Å²) in [5.41, 5.74) is 1.08. The van der Waals surface area contributed by atoms with Crippen molar-refractivity contribution in [3.63, 3.8) is 0 Å². The molecule has 0 amide bonds. The van der Waals surface area contributed by atoms with Gasteiger partial charge in [0, 0.05) is 6.54 Å². The molecule has 0 aliphatic carbocycles. The molecule has 0 heterocycles. The first-order valence-corrected chi connectivity index (χ1v) is 6.27. The second-order valence-electron chi connectivity index (χ2n) is 4.11. The quantitative estimate of drug-likeness (QED) is 0.891.